The van der Waals surface area contributed by atoms with Crippen molar-refractivity contribution in [3.63, 3.8) is 0 Å². The van der Waals surface area contributed by atoms with Crippen LogP contribution in [-0.4, -0.2) is 0 Å². The topological polar surface area (TPSA) is 23.8 Å². The van der Waals surface area contributed by atoms with Gasteiger partial charge in [-0.05, 0) is 17.7 Å². The molecule has 0 saturated carbocycles. The summed E-state index contributed by atoms with van der Waals surface area (Å²) in [5.41, 5.74) is -1.09. The van der Waals surface area contributed by atoms with Gasteiger partial charge in [0.2, 0.25) is 0 Å². The van der Waals surface area contributed by atoms with E-state index in [0.717, 1.165) is 12.1 Å². The zero-order valence-electron chi connectivity index (χ0n) is 7.20. The number of hydrogen-bond acceptors (Lipinski definition) is 1. The second-order valence-corrected chi connectivity index (χ2v) is 3.57. The zero-order valence-corrected chi connectivity index (χ0v) is 8.71. The van der Waals surface area contributed by atoms with Crippen LogP contribution in [0.1, 0.15) is 11.1 Å². The third kappa shape index (κ3) is 2.77. The van der Waals surface area contributed by atoms with Crippen LogP contribution in [0.3, 0.4) is 0 Å². The first-order chi connectivity index (χ1) is 6.86. The largest absolute Gasteiger partial charge is 0.416 e. The average molecular weight is 254 g/mol. The monoisotopic (exact) mass is 253 g/mol. The fraction of sp³-hybridized carbons (Fsp3) is 0.222. The Morgan fingerprint density at radius 1 is 1.20 bits per heavy atom. The van der Waals surface area contributed by atoms with E-state index in [4.69, 9.17) is 28.5 Å². The second kappa shape index (κ2) is 4.30. The molecule has 1 rings (SSSR count). The Kier molecular flexibility index (Phi) is 3.48. The lowest BCUT2D eigenvalue weighted by Crippen LogP contribution is -2.09. The summed E-state index contributed by atoms with van der Waals surface area (Å²) >= 11 is 11.0. The Bertz CT molecular complexity index is 421. The second-order valence-electron chi connectivity index (χ2n) is 2.76. The first-order valence-corrected chi connectivity index (χ1v) is 4.54. The fourth-order valence-corrected chi connectivity index (χ4v) is 1.43. The Hall–Kier alpha value is -0.920. The van der Waals surface area contributed by atoms with Crippen molar-refractivity contribution in [2.75, 3.05) is 0 Å². The van der Waals surface area contributed by atoms with Crippen LogP contribution in [0.2, 0.25) is 10.0 Å². The highest BCUT2D eigenvalue weighted by Gasteiger charge is 2.33. The first kappa shape index (κ1) is 12.2. The molecule has 0 aliphatic rings. The van der Waals surface area contributed by atoms with Crippen LogP contribution in [0, 0.1) is 11.3 Å². The summed E-state index contributed by atoms with van der Waals surface area (Å²) in [7, 11) is 0. The smallest absolute Gasteiger partial charge is 0.198 e. The van der Waals surface area contributed by atoms with Crippen LogP contribution in [0.5, 0.6) is 0 Å². The summed E-state index contributed by atoms with van der Waals surface area (Å²) in [6, 6.07) is 3.44. The molecule has 0 spiro atoms. The van der Waals surface area contributed by atoms with Gasteiger partial charge in [0.25, 0.3) is 0 Å². The van der Waals surface area contributed by atoms with E-state index in [9.17, 15) is 13.2 Å². The molecule has 0 radical (unpaired) electrons. The van der Waals surface area contributed by atoms with Crippen LogP contribution in [0.4, 0.5) is 13.2 Å². The lowest BCUT2D eigenvalue weighted by atomic mass is 10.0. The van der Waals surface area contributed by atoms with Gasteiger partial charge in [-0.2, -0.15) is 18.4 Å². The predicted octanol–water partition coefficient (Wildman–Crippen LogP) is 4.08. The van der Waals surface area contributed by atoms with Crippen LogP contribution in [0.15, 0.2) is 12.1 Å². The molecule has 0 unspecified atom stereocenters. The molecule has 1 nitrogen and oxygen atoms in total. The minimum atomic E-state index is -4.53. The molecule has 0 aliphatic carbocycles. The Balaban J connectivity index is 3.36. The lowest BCUT2D eigenvalue weighted by molar-refractivity contribution is -0.138. The molecule has 0 fully saturated rings. The number of halogens is 5. The van der Waals surface area contributed by atoms with Crippen molar-refractivity contribution in [1.29, 1.82) is 5.26 Å². The summed E-state index contributed by atoms with van der Waals surface area (Å²) in [4.78, 5) is 0. The maximum Gasteiger partial charge on any atom is 0.416 e. The standard InChI is InChI=1S/C9H4Cl2F3N/c10-7-3-5(1-2-15)6(4-8(7)11)9(12,13)14/h3-4H,1H2. The fourth-order valence-electron chi connectivity index (χ4n) is 1.08. The normalized spacial score (nSPS) is 11.2. The number of rotatable bonds is 1. The van der Waals surface area contributed by atoms with Gasteiger partial charge in [0, 0.05) is 0 Å². The van der Waals surface area contributed by atoms with Crippen molar-refractivity contribution in [2.24, 2.45) is 0 Å². The van der Waals surface area contributed by atoms with Crippen LogP contribution >= 0.6 is 23.2 Å². The Morgan fingerprint density at radius 3 is 2.20 bits per heavy atom. The van der Waals surface area contributed by atoms with Crippen LogP contribution < -0.4 is 0 Å². The number of hydrogen-bond donors (Lipinski definition) is 0. The lowest BCUT2D eigenvalue weighted by Gasteiger charge is -2.12. The number of nitrogens with zero attached hydrogens (tertiary/aromatic N) is 1. The molecule has 1 aromatic rings. The van der Waals surface area contributed by atoms with Gasteiger partial charge < -0.3 is 0 Å². The van der Waals surface area contributed by atoms with Crippen molar-refractivity contribution in [3.05, 3.63) is 33.3 Å². The van der Waals surface area contributed by atoms with Gasteiger partial charge in [-0.25, -0.2) is 0 Å². The highest BCUT2D eigenvalue weighted by atomic mass is 35.5. The molecule has 0 saturated heterocycles. The molecule has 0 aromatic heterocycles. The molecule has 6 heteroatoms. The molecule has 0 N–H and O–H groups in total. The van der Waals surface area contributed by atoms with E-state index in [1.165, 1.54) is 0 Å². The third-order valence-electron chi connectivity index (χ3n) is 1.72. The van der Waals surface area contributed by atoms with E-state index in [-0.39, 0.29) is 22.0 Å². The van der Waals surface area contributed by atoms with E-state index in [1.54, 1.807) is 6.07 Å². The third-order valence-corrected chi connectivity index (χ3v) is 2.44. The molecule has 0 bridgehead atoms. The van der Waals surface area contributed by atoms with Crippen LogP contribution in [0.25, 0.3) is 0 Å². The molecule has 0 atom stereocenters. The van der Waals surface area contributed by atoms with Crippen molar-refractivity contribution in [2.45, 2.75) is 12.6 Å². The van der Waals surface area contributed by atoms with E-state index in [0.29, 0.717) is 0 Å². The van der Waals surface area contributed by atoms with Crippen molar-refractivity contribution in [3.8, 4) is 6.07 Å². The summed E-state index contributed by atoms with van der Waals surface area (Å²) < 4.78 is 37.4. The minimum absolute atomic E-state index is 0.00918. The summed E-state index contributed by atoms with van der Waals surface area (Å²) in [5, 5.41) is 8.21. The Labute approximate surface area is 94.0 Å². The summed E-state index contributed by atoms with van der Waals surface area (Å²) in [5.74, 6) is 0. The van der Waals surface area contributed by atoms with Crippen molar-refractivity contribution < 1.29 is 13.2 Å². The van der Waals surface area contributed by atoms with Gasteiger partial charge >= 0.3 is 6.18 Å². The van der Waals surface area contributed by atoms with E-state index in [1.807, 2.05) is 0 Å². The molecule has 1 aromatic carbocycles. The SMILES string of the molecule is N#CCc1cc(Cl)c(Cl)cc1C(F)(F)F. The predicted molar refractivity (Wildman–Crippen MR) is 50.8 cm³/mol. The van der Waals surface area contributed by atoms with E-state index < -0.39 is 11.7 Å². The van der Waals surface area contributed by atoms with Gasteiger partial charge in [0.1, 0.15) is 0 Å². The molecule has 15 heavy (non-hydrogen) atoms. The maximum absolute atomic E-state index is 12.5. The summed E-state index contributed by atoms with van der Waals surface area (Å²) in [6.07, 6.45) is -4.88. The first-order valence-electron chi connectivity index (χ1n) is 3.78. The van der Waals surface area contributed by atoms with E-state index >= 15 is 0 Å². The van der Waals surface area contributed by atoms with Crippen LogP contribution in [-0.2, 0) is 12.6 Å². The maximum atomic E-state index is 12.5. The number of nitriles is 1. The Morgan fingerprint density at radius 2 is 1.73 bits per heavy atom. The quantitative estimate of drug-likeness (QED) is 0.740. The van der Waals surface area contributed by atoms with Gasteiger partial charge in [-0.3, -0.25) is 0 Å². The van der Waals surface area contributed by atoms with Gasteiger partial charge in [0.05, 0.1) is 28.1 Å². The average Bonchev–Trinajstić information content (AvgIpc) is 2.09. The number of alkyl halides is 3. The van der Waals surface area contributed by atoms with Gasteiger partial charge in [-0.1, -0.05) is 23.2 Å². The van der Waals surface area contributed by atoms with Gasteiger partial charge in [-0.15, -0.1) is 0 Å². The highest BCUT2D eigenvalue weighted by molar-refractivity contribution is 6.42. The molecule has 80 valence electrons. The number of benzene rings is 1. The molecular weight excluding hydrogens is 250 g/mol. The van der Waals surface area contributed by atoms with Crippen molar-refractivity contribution in [1.82, 2.24) is 0 Å². The molecule has 0 aliphatic heterocycles. The van der Waals surface area contributed by atoms with Gasteiger partial charge in [0.15, 0.2) is 0 Å². The zero-order chi connectivity index (χ0) is 11.6. The van der Waals surface area contributed by atoms with Crippen molar-refractivity contribution >= 4 is 23.2 Å². The van der Waals surface area contributed by atoms with E-state index in [2.05, 4.69) is 0 Å². The highest BCUT2D eigenvalue weighted by Crippen LogP contribution is 2.36. The minimum Gasteiger partial charge on any atom is -0.198 e. The molecule has 0 amide bonds. The summed E-state index contributed by atoms with van der Waals surface area (Å²) in [6.45, 7) is 0. The molecule has 0 heterocycles. The molecular formula is C9H4Cl2F3N.